The topological polar surface area (TPSA) is 27.0 Å². The summed E-state index contributed by atoms with van der Waals surface area (Å²) < 4.78 is 0. The Morgan fingerprint density at radius 1 is 1.70 bits per heavy atom. The Labute approximate surface area is 67.5 Å². The molecule has 1 aliphatic heterocycles. The molecule has 0 N–H and O–H groups in total. The predicted molar refractivity (Wildman–Crippen MR) is 43.1 cm³/mol. The van der Waals surface area contributed by atoms with Crippen molar-refractivity contribution in [1.82, 2.24) is 4.90 Å². The van der Waals surface area contributed by atoms with Crippen molar-refractivity contribution in [1.29, 1.82) is 5.26 Å². The Kier molecular flexibility index (Phi) is 4.10. The SMILES string of the molecule is CN1CC=C(C#N)CC1.Cl. The normalized spacial score (nSPS) is 18.6. The number of nitrogens with zero attached hydrogens (tertiary/aromatic N) is 2. The Morgan fingerprint density at radius 2 is 2.40 bits per heavy atom. The first kappa shape index (κ1) is 9.48. The van der Waals surface area contributed by atoms with Crippen LogP contribution in [0.1, 0.15) is 6.42 Å². The number of hydrogen-bond acceptors (Lipinski definition) is 2. The van der Waals surface area contributed by atoms with Gasteiger partial charge in [-0.2, -0.15) is 5.26 Å². The molecule has 0 saturated carbocycles. The van der Waals surface area contributed by atoms with Crippen LogP contribution in [-0.4, -0.2) is 25.0 Å². The van der Waals surface area contributed by atoms with E-state index in [0.29, 0.717) is 0 Å². The van der Waals surface area contributed by atoms with Crippen LogP contribution in [0, 0.1) is 11.3 Å². The van der Waals surface area contributed by atoms with Crippen LogP contribution in [0.3, 0.4) is 0 Å². The lowest BCUT2D eigenvalue weighted by Crippen LogP contribution is -2.23. The molecule has 0 amide bonds. The third-order valence-corrected chi connectivity index (χ3v) is 1.56. The van der Waals surface area contributed by atoms with Gasteiger partial charge in [-0.05, 0) is 13.5 Å². The van der Waals surface area contributed by atoms with E-state index in [-0.39, 0.29) is 12.4 Å². The third-order valence-electron chi connectivity index (χ3n) is 1.56. The van der Waals surface area contributed by atoms with Crippen molar-refractivity contribution in [3.63, 3.8) is 0 Å². The molecule has 0 aromatic rings. The molecule has 0 atom stereocenters. The van der Waals surface area contributed by atoms with Gasteiger partial charge in [-0.3, -0.25) is 0 Å². The van der Waals surface area contributed by atoms with Crippen LogP contribution in [0.25, 0.3) is 0 Å². The number of hydrogen-bond donors (Lipinski definition) is 0. The van der Waals surface area contributed by atoms with Gasteiger partial charge < -0.3 is 4.90 Å². The molecule has 2 nitrogen and oxygen atoms in total. The quantitative estimate of drug-likeness (QED) is 0.530. The molecular weight excluding hydrogens is 148 g/mol. The number of nitriles is 1. The zero-order valence-electron chi connectivity index (χ0n) is 6.00. The lowest BCUT2D eigenvalue weighted by Gasteiger charge is -2.18. The molecule has 0 aliphatic carbocycles. The molecule has 0 aromatic heterocycles. The van der Waals surface area contributed by atoms with Crippen molar-refractivity contribution < 1.29 is 0 Å². The monoisotopic (exact) mass is 158 g/mol. The summed E-state index contributed by atoms with van der Waals surface area (Å²) in [5.74, 6) is 0. The molecule has 1 aliphatic rings. The van der Waals surface area contributed by atoms with Gasteiger partial charge in [0.25, 0.3) is 0 Å². The minimum absolute atomic E-state index is 0. The van der Waals surface area contributed by atoms with Crippen molar-refractivity contribution >= 4 is 12.4 Å². The standard InChI is InChI=1S/C7H10N2.ClH/c1-9-4-2-7(6-8)3-5-9;/h2H,3-5H2,1H3;1H. The average Bonchev–Trinajstić information content (AvgIpc) is 1.90. The zero-order chi connectivity index (χ0) is 6.69. The molecule has 0 aromatic carbocycles. The fraction of sp³-hybridized carbons (Fsp3) is 0.571. The summed E-state index contributed by atoms with van der Waals surface area (Å²) in [6.07, 6.45) is 2.91. The highest BCUT2D eigenvalue weighted by molar-refractivity contribution is 5.85. The summed E-state index contributed by atoms with van der Waals surface area (Å²) in [5, 5.41) is 8.44. The fourth-order valence-corrected chi connectivity index (χ4v) is 0.872. The third kappa shape index (κ3) is 2.38. The van der Waals surface area contributed by atoms with Gasteiger partial charge in [-0.15, -0.1) is 12.4 Å². The Morgan fingerprint density at radius 3 is 2.80 bits per heavy atom. The number of likely N-dealkylation sites (N-methyl/N-ethyl adjacent to an activating group) is 1. The van der Waals surface area contributed by atoms with E-state index in [4.69, 9.17) is 5.26 Å². The van der Waals surface area contributed by atoms with E-state index in [1.54, 1.807) is 0 Å². The van der Waals surface area contributed by atoms with E-state index in [1.165, 1.54) is 0 Å². The Balaban J connectivity index is 0.000000810. The molecule has 0 saturated heterocycles. The first-order chi connectivity index (χ1) is 4.33. The second kappa shape index (κ2) is 4.32. The van der Waals surface area contributed by atoms with E-state index in [0.717, 1.165) is 25.1 Å². The van der Waals surface area contributed by atoms with E-state index >= 15 is 0 Å². The van der Waals surface area contributed by atoms with Crippen LogP contribution < -0.4 is 0 Å². The van der Waals surface area contributed by atoms with Gasteiger partial charge in [-0.25, -0.2) is 0 Å². The summed E-state index contributed by atoms with van der Waals surface area (Å²) in [6.45, 7) is 1.96. The van der Waals surface area contributed by atoms with Crippen LogP contribution in [-0.2, 0) is 0 Å². The van der Waals surface area contributed by atoms with Crippen molar-refractivity contribution in [3.8, 4) is 6.07 Å². The smallest absolute Gasteiger partial charge is 0.0944 e. The van der Waals surface area contributed by atoms with Crippen LogP contribution in [0.5, 0.6) is 0 Å². The number of rotatable bonds is 0. The average molecular weight is 159 g/mol. The molecule has 0 unspecified atom stereocenters. The predicted octanol–water partition coefficient (Wildman–Crippen LogP) is 1.19. The summed E-state index contributed by atoms with van der Waals surface area (Å²) in [6, 6.07) is 2.16. The minimum Gasteiger partial charge on any atom is -0.302 e. The second-order valence-corrected chi connectivity index (χ2v) is 2.35. The molecule has 0 bridgehead atoms. The lowest BCUT2D eigenvalue weighted by atomic mass is 10.1. The highest BCUT2D eigenvalue weighted by Gasteiger charge is 2.05. The highest BCUT2D eigenvalue weighted by Crippen LogP contribution is 2.06. The van der Waals surface area contributed by atoms with Crippen molar-refractivity contribution in [2.75, 3.05) is 20.1 Å². The maximum absolute atomic E-state index is 8.44. The second-order valence-electron chi connectivity index (χ2n) is 2.35. The van der Waals surface area contributed by atoms with Gasteiger partial charge in [0.2, 0.25) is 0 Å². The highest BCUT2D eigenvalue weighted by atomic mass is 35.5. The molecular formula is C7H11ClN2. The molecule has 3 heteroatoms. The molecule has 0 fully saturated rings. The van der Waals surface area contributed by atoms with Crippen molar-refractivity contribution in [3.05, 3.63) is 11.6 Å². The Hall–Kier alpha value is -0.520. The maximum Gasteiger partial charge on any atom is 0.0944 e. The van der Waals surface area contributed by atoms with Crippen LogP contribution in [0.2, 0.25) is 0 Å². The molecule has 0 radical (unpaired) electrons. The Bertz CT molecular complexity index is 169. The van der Waals surface area contributed by atoms with Gasteiger partial charge in [0.05, 0.1) is 6.07 Å². The summed E-state index contributed by atoms with van der Waals surface area (Å²) >= 11 is 0. The van der Waals surface area contributed by atoms with Crippen molar-refractivity contribution in [2.24, 2.45) is 0 Å². The maximum atomic E-state index is 8.44. The van der Waals surface area contributed by atoms with Gasteiger partial charge >= 0.3 is 0 Å². The van der Waals surface area contributed by atoms with Crippen LogP contribution >= 0.6 is 12.4 Å². The first-order valence-corrected chi connectivity index (χ1v) is 3.10. The zero-order valence-corrected chi connectivity index (χ0v) is 6.82. The molecule has 10 heavy (non-hydrogen) atoms. The van der Waals surface area contributed by atoms with E-state index in [1.807, 2.05) is 6.08 Å². The van der Waals surface area contributed by atoms with E-state index in [9.17, 15) is 0 Å². The van der Waals surface area contributed by atoms with Gasteiger partial charge in [0, 0.05) is 18.7 Å². The van der Waals surface area contributed by atoms with Gasteiger partial charge in [0.1, 0.15) is 0 Å². The molecule has 56 valence electrons. The minimum atomic E-state index is 0. The molecule has 1 heterocycles. The van der Waals surface area contributed by atoms with Crippen LogP contribution in [0.4, 0.5) is 0 Å². The van der Waals surface area contributed by atoms with Gasteiger partial charge in [-0.1, -0.05) is 6.08 Å². The van der Waals surface area contributed by atoms with E-state index in [2.05, 4.69) is 18.0 Å². The summed E-state index contributed by atoms with van der Waals surface area (Å²) in [4.78, 5) is 2.20. The first-order valence-electron chi connectivity index (χ1n) is 3.10. The van der Waals surface area contributed by atoms with Crippen molar-refractivity contribution in [2.45, 2.75) is 6.42 Å². The molecule has 1 rings (SSSR count). The van der Waals surface area contributed by atoms with Gasteiger partial charge in [0.15, 0.2) is 0 Å². The largest absolute Gasteiger partial charge is 0.302 e. The summed E-state index contributed by atoms with van der Waals surface area (Å²) in [5.41, 5.74) is 0.938. The fourth-order valence-electron chi connectivity index (χ4n) is 0.872. The summed E-state index contributed by atoms with van der Waals surface area (Å²) in [7, 11) is 2.06. The van der Waals surface area contributed by atoms with E-state index < -0.39 is 0 Å². The molecule has 0 spiro atoms. The van der Waals surface area contributed by atoms with Crippen LogP contribution in [0.15, 0.2) is 11.6 Å². The lowest BCUT2D eigenvalue weighted by molar-refractivity contribution is 0.362. The number of halogens is 1.